The molecular weight excluding hydrogens is 210 g/mol. The van der Waals surface area contributed by atoms with Crippen molar-refractivity contribution in [3.8, 4) is 0 Å². The minimum absolute atomic E-state index is 0.327. The van der Waals surface area contributed by atoms with Crippen LogP contribution in [-0.2, 0) is 4.79 Å². The zero-order valence-corrected chi connectivity index (χ0v) is 10.6. The van der Waals surface area contributed by atoms with Crippen molar-refractivity contribution in [3.63, 3.8) is 0 Å². The van der Waals surface area contributed by atoms with E-state index in [2.05, 4.69) is 31.2 Å². The van der Waals surface area contributed by atoms with Crippen molar-refractivity contribution in [1.29, 1.82) is 0 Å². The zero-order valence-electron chi connectivity index (χ0n) is 10.6. The Morgan fingerprint density at radius 2 is 2.12 bits per heavy atom. The van der Waals surface area contributed by atoms with Gasteiger partial charge in [-0.25, -0.2) is 0 Å². The molecule has 1 heterocycles. The molecule has 1 atom stereocenters. The first-order valence-electron chi connectivity index (χ1n) is 6.64. The molecular formula is C15H21NO. The summed E-state index contributed by atoms with van der Waals surface area (Å²) in [6, 6.07) is 10.6. The molecule has 0 bridgehead atoms. The Bertz CT molecular complexity index is 360. The van der Waals surface area contributed by atoms with Gasteiger partial charge in [0, 0.05) is 25.4 Å². The van der Waals surface area contributed by atoms with E-state index in [1.165, 1.54) is 12.0 Å². The van der Waals surface area contributed by atoms with Crippen LogP contribution in [0.25, 0.3) is 0 Å². The monoisotopic (exact) mass is 231 g/mol. The third-order valence-electron chi connectivity index (χ3n) is 3.51. The Hall–Kier alpha value is -1.31. The van der Waals surface area contributed by atoms with E-state index in [0.29, 0.717) is 18.2 Å². The van der Waals surface area contributed by atoms with Gasteiger partial charge in [-0.2, -0.15) is 0 Å². The normalized spacial score (nSPS) is 20.3. The minimum Gasteiger partial charge on any atom is -0.342 e. The van der Waals surface area contributed by atoms with E-state index in [4.69, 9.17) is 0 Å². The van der Waals surface area contributed by atoms with Crippen molar-refractivity contribution >= 4 is 5.91 Å². The maximum absolute atomic E-state index is 11.9. The molecule has 2 heteroatoms. The third kappa shape index (κ3) is 3.09. The lowest BCUT2D eigenvalue weighted by Gasteiger charge is -2.33. The van der Waals surface area contributed by atoms with E-state index in [1.807, 2.05) is 11.0 Å². The first-order chi connectivity index (χ1) is 8.31. The highest BCUT2D eigenvalue weighted by Gasteiger charge is 2.23. The Balaban J connectivity index is 2.00. The SMILES string of the molecule is CCCC(=O)N1CCCC(c2ccccc2)C1. The summed E-state index contributed by atoms with van der Waals surface area (Å²) in [5, 5.41) is 0. The molecule has 2 nitrogen and oxygen atoms in total. The molecule has 1 amide bonds. The van der Waals surface area contributed by atoms with E-state index in [1.54, 1.807) is 0 Å². The second kappa shape index (κ2) is 5.85. The zero-order chi connectivity index (χ0) is 12.1. The summed E-state index contributed by atoms with van der Waals surface area (Å²) >= 11 is 0. The van der Waals surface area contributed by atoms with Crippen molar-refractivity contribution in [2.24, 2.45) is 0 Å². The van der Waals surface area contributed by atoms with E-state index in [-0.39, 0.29) is 0 Å². The first-order valence-corrected chi connectivity index (χ1v) is 6.64. The second-order valence-corrected chi connectivity index (χ2v) is 4.84. The highest BCUT2D eigenvalue weighted by Crippen LogP contribution is 2.26. The number of piperidine rings is 1. The predicted octanol–water partition coefficient (Wildman–Crippen LogP) is 3.19. The lowest BCUT2D eigenvalue weighted by molar-refractivity contribution is -0.132. The molecule has 0 radical (unpaired) electrons. The molecule has 1 aromatic rings. The quantitative estimate of drug-likeness (QED) is 0.782. The number of carbonyl (C=O) groups excluding carboxylic acids is 1. The van der Waals surface area contributed by atoms with Gasteiger partial charge in [0.15, 0.2) is 0 Å². The van der Waals surface area contributed by atoms with Gasteiger partial charge in [0.1, 0.15) is 0 Å². The average molecular weight is 231 g/mol. The molecule has 1 saturated heterocycles. The summed E-state index contributed by atoms with van der Waals surface area (Å²) in [5.74, 6) is 0.860. The van der Waals surface area contributed by atoms with Crippen LogP contribution in [0.4, 0.5) is 0 Å². The number of benzene rings is 1. The van der Waals surface area contributed by atoms with Crippen LogP contribution in [0, 0.1) is 0 Å². The fraction of sp³-hybridized carbons (Fsp3) is 0.533. The van der Waals surface area contributed by atoms with E-state index in [0.717, 1.165) is 25.9 Å². The molecule has 1 aliphatic heterocycles. The minimum atomic E-state index is 0.327. The maximum atomic E-state index is 11.9. The van der Waals surface area contributed by atoms with Gasteiger partial charge in [0.25, 0.3) is 0 Å². The van der Waals surface area contributed by atoms with Crippen LogP contribution in [0.3, 0.4) is 0 Å². The Morgan fingerprint density at radius 1 is 1.35 bits per heavy atom. The number of nitrogens with zero attached hydrogens (tertiary/aromatic N) is 1. The average Bonchev–Trinajstić information content (AvgIpc) is 2.40. The molecule has 0 saturated carbocycles. The van der Waals surface area contributed by atoms with Crippen molar-refractivity contribution in [2.45, 2.75) is 38.5 Å². The smallest absolute Gasteiger partial charge is 0.222 e. The Morgan fingerprint density at radius 3 is 2.82 bits per heavy atom. The van der Waals surface area contributed by atoms with Gasteiger partial charge in [-0.15, -0.1) is 0 Å². The van der Waals surface area contributed by atoms with Crippen LogP contribution in [0.15, 0.2) is 30.3 Å². The van der Waals surface area contributed by atoms with Crippen LogP contribution < -0.4 is 0 Å². The highest BCUT2D eigenvalue weighted by atomic mass is 16.2. The molecule has 17 heavy (non-hydrogen) atoms. The number of hydrogen-bond acceptors (Lipinski definition) is 1. The van der Waals surface area contributed by atoms with Crippen molar-refractivity contribution in [3.05, 3.63) is 35.9 Å². The second-order valence-electron chi connectivity index (χ2n) is 4.84. The topological polar surface area (TPSA) is 20.3 Å². The number of likely N-dealkylation sites (tertiary alicyclic amines) is 1. The fourth-order valence-corrected chi connectivity index (χ4v) is 2.57. The van der Waals surface area contributed by atoms with Gasteiger partial charge in [-0.1, -0.05) is 37.3 Å². The summed E-state index contributed by atoms with van der Waals surface area (Å²) in [7, 11) is 0. The van der Waals surface area contributed by atoms with Gasteiger partial charge in [-0.05, 0) is 24.8 Å². The van der Waals surface area contributed by atoms with Crippen LogP contribution in [0.5, 0.6) is 0 Å². The van der Waals surface area contributed by atoms with Gasteiger partial charge < -0.3 is 4.90 Å². The fourth-order valence-electron chi connectivity index (χ4n) is 2.57. The highest BCUT2D eigenvalue weighted by molar-refractivity contribution is 5.76. The third-order valence-corrected chi connectivity index (χ3v) is 3.51. The van der Waals surface area contributed by atoms with Crippen molar-refractivity contribution < 1.29 is 4.79 Å². The molecule has 0 aliphatic carbocycles. The molecule has 0 spiro atoms. The first kappa shape index (κ1) is 12.2. The van der Waals surface area contributed by atoms with E-state index in [9.17, 15) is 4.79 Å². The number of amides is 1. The lowest BCUT2D eigenvalue weighted by atomic mass is 9.90. The molecule has 1 unspecified atom stereocenters. The summed E-state index contributed by atoms with van der Waals surface area (Å²) < 4.78 is 0. The van der Waals surface area contributed by atoms with E-state index >= 15 is 0 Å². The van der Waals surface area contributed by atoms with Crippen LogP contribution in [0.1, 0.15) is 44.1 Å². The molecule has 1 aromatic carbocycles. The summed E-state index contributed by atoms with van der Waals surface area (Å²) in [6.45, 7) is 3.92. The summed E-state index contributed by atoms with van der Waals surface area (Å²) in [6.07, 6.45) is 3.99. The summed E-state index contributed by atoms with van der Waals surface area (Å²) in [4.78, 5) is 13.9. The lowest BCUT2D eigenvalue weighted by Crippen LogP contribution is -2.38. The summed E-state index contributed by atoms with van der Waals surface area (Å²) in [5.41, 5.74) is 1.38. The Labute approximate surface area is 104 Å². The molecule has 0 N–H and O–H groups in total. The molecule has 1 fully saturated rings. The van der Waals surface area contributed by atoms with Crippen LogP contribution in [-0.4, -0.2) is 23.9 Å². The van der Waals surface area contributed by atoms with Gasteiger partial charge >= 0.3 is 0 Å². The maximum Gasteiger partial charge on any atom is 0.222 e. The number of hydrogen-bond donors (Lipinski definition) is 0. The number of rotatable bonds is 3. The standard InChI is InChI=1S/C15H21NO/c1-2-7-15(17)16-11-6-10-14(12-16)13-8-4-3-5-9-13/h3-5,8-9,14H,2,6-7,10-12H2,1H3. The number of carbonyl (C=O) groups is 1. The predicted molar refractivity (Wildman–Crippen MR) is 69.9 cm³/mol. The van der Waals surface area contributed by atoms with Gasteiger partial charge in [0.05, 0.1) is 0 Å². The molecule has 0 aromatic heterocycles. The largest absolute Gasteiger partial charge is 0.342 e. The van der Waals surface area contributed by atoms with Gasteiger partial charge in [-0.3, -0.25) is 4.79 Å². The molecule has 92 valence electrons. The van der Waals surface area contributed by atoms with Crippen LogP contribution in [0.2, 0.25) is 0 Å². The van der Waals surface area contributed by atoms with Gasteiger partial charge in [0.2, 0.25) is 5.91 Å². The van der Waals surface area contributed by atoms with E-state index < -0.39 is 0 Å². The van der Waals surface area contributed by atoms with Crippen LogP contribution >= 0.6 is 0 Å². The van der Waals surface area contributed by atoms with Crippen molar-refractivity contribution in [2.75, 3.05) is 13.1 Å². The Kier molecular flexibility index (Phi) is 4.18. The molecule has 1 aliphatic rings. The molecule has 2 rings (SSSR count). The van der Waals surface area contributed by atoms with Crippen molar-refractivity contribution in [1.82, 2.24) is 4.90 Å².